The Kier molecular flexibility index (Phi) is 3.57. The molecule has 0 aliphatic heterocycles. The predicted molar refractivity (Wildman–Crippen MR) is 99.7 cm³/mol. The Morgan fingerprint density at radius 1 is 0.826 bits per heavy atom. The number of benzene rings is 2. The van der Waals surface area contributed by atoms with Gasteiger partial charge in [-0.05, 0) is 91.6 Å². The monoisotopic (exact) mass is 301 g/mol. The number of hydrogen-bond acceptors (Lipinski definition) is 0. The van der Waals surface area contributed by atoms with Crippen molar-refractivity contribution < 1.29 is 0 Å². The second kappa shape index (κ2) is 5.73. The molecule has 1 aliphatic rings. The second-order valence-corrected chi connectivity index (χ2v) is 6.82. The number of allylic oxidation sites excluding steroid dienone is 2. The molecule has 23 heavy (non-hydrogen) atoms. The number of aromatic nitrogens is 1. The van der Waals surface area contributed by atoms with Crippen molar-refractivity contribution in [3.63, 3.8) is 0 Å². The summed E-state index contributed by atoms with van der Waals surface area (Å²) >= 11 is 0. The van der Waals surface area contributed by atoms with Crippen LogP contribution in [-0.2, 0) is 0 Å². The first-order valence-corrected chi connectivity index (χ1v) is 8.60. The third kappa shape index (κ3) is 2.84. The molecule has 2 aromatic carbocycles. The van der Waals surface area contributed by atoms with Crippen molar-refractivity contribution in [3.05, 3.63) is 65.4 Å². The molecule has 3 aromatic rings. The third-order valence-corrected chi connectivity index (χ3v) is 4.83. The first-order chi connectivity index (χ1) is 11.2. The lowest BCUT2D eigenvalue weighted by Crippen LogP contribution is -1.93. The molecule has 1 heterocycles. The molecule has 4 rings (SSSR count). The fourth-order valence-corrected chi connectivity index (χ4v) is 3.69. The molecule has 1 N–H and O–H groups in total. The molecule has 1 aromatic heterocycles. The minimum absolute atomic E-state index is 1.22. The lowest BCUT2D eigenvalue weighted by Gasteiger charge is -2.15. The number of rotatable bonds is 2. The molecular formula is C22H23N. The van der Waals surface area contributed by atoms with Crippen molar-refractivity contribution in [2.24, 2.45) is 0 Å². The van der Waals surface area contributed by atoms with E-state index >= 15 is 0 Å². The summed E-state index contributed by atoms with van der Waals surface area (Å²) < 4.78 is 0. The van der Waals surface area contributed by atoms with Crippen LogP contribution in [0, 0.1) is 13.8 Å². The zero-order valence-electron chi connectivity index (χ0n) is 13.9. The summed E-state index contributed by atoms with van der Waals surface area (Å²) in [5, 5.41) is 1.29. The Bertz CT molecular complexity index is 895. The number of fused-ring (bicyclic) bond motifs is 1. The van der Waals surface area contributed by atoms with Crippen molar-refractivity contribution in [2.45, 2.75) is 39.5 Å². The lowest BCUT2D eigenvalue weighted by molar-refractivity contribution is 0.742. The summed E-state index contributed by atoms with van der Waals surface area (Å²) in [4.78, 5) is 3.40. The minimum atomic E-state index is 1.22. The van der Waals surface area contributed by atoms with Gasteiger partial charge in [-0.25, -0.2) is 0 Å². The van der Waals surface area contributed by atoms with Crippen molar-refractivity contribution in [1.82, 2.24) is 4.98 Å². The van der Waals surface area contributed by atoms with Gasteiger partial charge in [-0.2, -0.15) is 0 Å². The van der Waals surface area contributed by atoms with Gasteiger partial charge in [-0.3, -0.25) is 0 Å². The Morgan fingerprint density at radius 2 is 1.70 bits per heavy atom. The van der Waals surface area contributed by atoms with E-state index in [1.54, 1.807) is 0 Å². The van der Waals surface area contributed by atoms with E-state index in [9.17, 15) is 0 Å². The summed E-state index contributed by atoms with van der Waals surface area (Å²) in [6.45, 7) is 4.31. The van der Waals surface area contributed by atoms with E-state index < -0.39 is 0 Å². The molecule has 1 aliphatic carbocycles. The highest BCUT2D eigenvalue weighted by atomic mass is 14.7. The van der Waals surface area contributed by atoms with E-state index in [0.29, 0.717) is 0 Å². The molecule has 1 nitrogen and oxygen atoms in total. The SMILES string of the molecule is Cc1cc(C2=CCCCC2)cc(-c2ccc3[nH]c(C)cc3c2)c1. The predicted octanol–water partition coefficient (Wildman–Crippen LogP) is 6.41. The smallest absolute Gasteiger partial charge is 0.0456 e. The molecule has 0 radical (unpaired) electrons. The zero-order valence-corrected chi connectivity index (χ0v) is 13.9. The van der Waals surface area contributed by atoms with Crippen molar-refractivity contribution in [1.29, 1.82) is 0 Å². The van der Waals surface area contributed by atoms with Gasteiger partial charge in [0, 0.05) is 16.6 Å². The van der Waals surface area contributed by atoms with E-state index in [-0.39, 0.29) is 0 Å². The van der Waals surface area contributed by atoms with Crippen LogP contribution in [0.2, 0.25) is 0 Å². The molecule has 0 amide bonds. The zero-order chi connectivity index (χ0) is 15.8. The average molecular weight is 301 g/mol. The van der Waals surface area contributed by atoms with Gasteiger partial charge < -0.3 is 4.98 Å². The highest BCUT2D eigenvalue weighted by Gasteiger charge is 2.09. The molecule has 0 spiro atoms. The maximum Gasteiger partial charge on any atom is 0.0456 e. The first kappa shape index (κ1) is 14.3. The van der Waals surface area contributed by atoms with Gasteiger partial charge in [-0.1, -0.05) is 24.3 Å². The Morgan fingerprint density at radius 3 is 2.52 bits per heavy atom. The van der Waals surface area contributed by atoms with E-state index in [4.69, 9.17) is 0 Å². The Hall–Kier alpha value is -2.28. The maximum atomic E-state index is 3.40. The summed E-state index contributed by atoms with van der Waals surface area (Å²) in [5.41, 5.74) is 9.34. The van der Waals surface area contributed by atoms with Crippen molar-refractivity contribution >= 4 is 16.5 Å². The maximum absolute atomic E-state index is 3.40. The van der Waals surface area contributed by atoms with Crippen LogP contribution in [0.15, 0.2) is 48.5 Å². The largest absolute Gasteiger partial charge is 0.359 e. The van der Waals surface area contributed by atoms with Crippen LogP contribution in [0.3, 0.4) is 0 Å². The van der Waals surface area contributed by atoms with Gasteiger partial charge in [-0.15, -0.1) is 0 Å². The number of aryl methyl sites for hydroxylation is 2. The number of hydrogen-bond donors (Lipinski definition) is 1. The minimum Gasteiger partial charge on any atom is -0.359 e. The van der Waals surface area contributed by atoms with Crippen LogP contribution < -0.4 is 0 Å². The fourth-order valence-electron chi connectivity index (χ4n) is 3.69. The normalized spacial score (nSPS) is 15.0. The van der Waals surface area contributed by atoms with E-state index in [2.05, 4.69) is 67.4 Å². The highest BCUT2D eigenvalue weighted by Crippen LogP contribution is 2.32. The summed E-state index contributed by atoms with van der Waals surface area (Å²) in [6.07, 6.45) is 7.54. The van der Waals surface area contributed by atoms with Gasteiger partial charge in [0.2, 0.25) is 0 Å². The van der Waals surface area contributed by atoms with Crippen LogP contribution in [0.25, 0.3) is 27.6 Å². The highest BCUT2D eigenvalue weighted by molar-refractivity contribution is 5.86. The molecule has 116 valence electrons. The van der Waals surface area contributed by atoms with Gasteiger partial charge in [0.15, 0.2) is 0 Å². The number of nitrogens with one attached hydrogen (secondary N) is 1. The molecule has 0 atom stereocenters. The molecule has 0 unspecified atom stereocenters. The number of aromatic amines is 1. The Balaban J connectivity index is 1.80. The number of H-pyrrole nitrogens is 1. The summed E-state index contributed by atoms with van der Waals surface area (Å²) in [5.74, 6) is 0. The van der Waals surface area contributed by atoms with E-state index in [0.717, 1.165) is 0 Å². The van der Waals surface area contributed by atoms with Crippen LogP contribution in [0.1, 0.15) is 42.5 Å². The van der Waals surface area contributed by atoms with Gasteiger partial charge in [0.25, 0.3) is 0 Å². The standard InChI is InChI=1S/C22H23N/c1-15-10-19(17-6-4-3-5-7-17)14-20(11-15)18-8-9-22-21(13-18)12-16(2)23-22/h6,8-14,23H,3-5,7H2,1-2H3. The van der Waals surface area contributed by atoms with Crippen LogP contribution >= 0.6 is 0 Å². The lowest BCUT2D eigenvalue weighted by atomic mass is 9.90. The van der Waals surface area contributed by atoms with Crippen LogP contribution in [0.5, 0.6) is 0 Å². The van der Waals surface area contributed by atoms with E-state index in [1.165, 1.54) is 70.1 Å². The Labute approximate surface area is 138 Å². The van der Waals surface area contributed by atoms with Gasteiger partial charge >= 0.3 is 0 Å². The van der Waals surface area contributed by atoms with E-state index in [1.807, 2.05) is 0 Å². The van der Waals surface area contributed by atoms with Crippen molar-refractivity contribution in [2.75, 3.05) is 0 Å². The topological polar surface area (TPSA) is 15.8 Å². The van der Waals surface area contributed by atoms with Crippen LogP contribution in [0.4, 0.5) is 0 Å². The molecular weight excluding hydrogens is 278 g/mol. The fraction of sp³-hybridized carbons (Fsp3) is 0.273. The first-order valence-electron chi connectivity index (χ1n) is 8.60. The summed E-state index contributed by atoms with van der Waals surface area (Å²) in [6, 6.07) is 15.9. The molecule has 0 bridgehead atoms. The average Bonchev–Trinajstić information content (AvgIpc) is 2.94. The molecule has 0 fully saturated rings. The molecule has 0 saturated carbocycles. The van der Waals surface area contributed by atoms with Crippen LogP contribution in [-0.4, -0.2) is 4.98 Å². The second-order valence-electron chi connectivity index (χ2n) is 6.82. The quantitative estimate of drug-likeness (QED) is 0.563. The third-order valence-electron chi connectivity index (χ3n) is 4.83. The van der Waals surface area contributed by atoms with Crippen molar-refractivity contribution in [3.8, 4) is 11.1 Å². The molecule has 1 heteroatoms. The molecule has 0 saturated heterocycles. The van der Waals surface area contributed by atoms with Gasteiger partial charge in [0.05, 0.1) is 0 Å². The van der Waals surface area contributed by atoms with Gasteiger partial charge in [0.1, 0.15) is 0 Å². The summed E-state index contributed by atoms with van der Waals surface area (Å²) in [7, 11) is 0.